The molecule has 7 heteroatoms. The Morgan fingerprint density at radius 3 is 2.57 bits per heavy atom. The molecule has 21 heavy (non-hydrogen) atoms. The number of alkyl halides is 3. The molecule has 2 rings (SSSR count). The van der Waals surface area contributed by atoms with Gasteiger partial charge in [0, 0.05) is 11.3 Å². The van der Waals surface area contributed by atoms with Crippen LogP contribution in [0.5, 0.6) is 0 Å². The maximum absolute atomic E-state index is 13.0. The molecule has 0 atom stereocenters. The molecule has 4 nitrogen and oxygen atoms in total. The Bertz CT molecular complexity index is 686. The summed E-state index contributed by atoms with van der Waals surface area (Å²) in [6.45, 7) is 2.09. The average Bonchev–Trinajstić information content (AvgIpc) is 2.71. The van der Waals surface area contributed by atoms with Crippen molar-refractivity contribution in [3.8, 4) is 5.69 Å². The van der Waals surface area contributed by atoms with E-state index < -0.39 is 17.3 Å². The van der Waals surface area contributed by atoms with Crippen LogP contribution in [0.2, 0.25) is 0 Å². The second kappa shape index (κ2) is 5.77. The Balaban J connectivity index is 2.57. The van der Waals surface area contributed by atoms with E-state index in [1.54, 1.807) is 6.92 Å². The molecule has 114 valence electrons. The van der Waals surface area contributed by atoms with Crippen LogP contribution in [0, 0.1) is 6.92 Å². The van der Waals surface area contributed by atoms with Gasteiger partial charge in [-0.1, -0.05) is 12.1 Å². The fourth-order valence-corrected chi connectivity index (χ4v) is 2.23. The van der Waals surface area contributed by atoms with Gasteiger partial charge >= 0.3 is 6.18 Å². The van der Waals surface area contributed by atoms with Crippen LogP contribution in [-0.4, -0.2) is 16.3 Å². The van der Waals surface area contributed by atoms with Crippen molar-refractivity contribution in [1.29, 1.82) is 0 Å². The first-order valence-corrected chi connectivity index (χ1v) is 6.53. The number of halogens is 3. The average molecular weight is 299 g/mol. The third kappa shape index (κ3) is 3.02. The van der Waals surface area contributed by atoms with Crippen molar-refractivity contribution in [3.63, 3.8) is 0 Å². The SMILES string of the molecule is Cc1[nH]n(-c2ccccc2C(F)(F)F)c(=O)c1CCCN. The molecule has 1 aromatic carbocycles. The number of nitrogens with zero attached hydrogens (tertiary/aromatic N) is 1. The second-order valence-corrected chi connectivity index (χ2v) is 4.76. The first-order chi connectivity index (χ1) is 9.86. The number of benzene rings is 1. The Hall–Kier alpha value is -2.02. The molecule has 3 N–H and O–H groups in total. The van der Waals surface area contributed by atoms with Gasteiger partial charge in [-0.15, -0.1) is 0 Å². The van der Waals surface area contributed by atoms with Crippen molar-refractivity contribution >= 4 is 0 Å². The van der Waals surface area contributed by atoms with Crippen LogP contribution in [-0.2, 0) is 12.6 Å². The van der Waals surface area contributed by atoms with E-state index in [9.17, 15) is 18.0 Å². The van der Waals surface area contributed by atoms with Crippen LogP contribution < -0.4 is 11.3 Å². The molecule has 0 saturated heterocycles. The quantitative estimate of drug-likeness (QED) is 0.910. The summed E-state index contributed by atoms with van der Waals surface area (Å²) in [4.78, 5) is 12.3. The highest BCUT2D eigenvalue weighted by Crippen LogP contribution is 2.33. The van der Waals surface area contributed by atoms with E-state index in [-0.39, 0.29) is 5.69 Å². The molecule has 0 saturated carbocycles. The van der Waals surface area contributed by atoms with E-state index in [0.29, 0.717) is 30.6 Å². The van der Waals surface area contributed by atoms with Crippen molar-refractivity contribution < 1.29 is 13.2 Å². The first-order valence-electron chi connectivity index (χ1n) is 6.53. The zero-order valence-electron chi connectivity index (χ0n) is 11.5. The number of nitrogens with two attached hydrogens (primary N) is 1. The molecule has 0 amide bonds. The third-order valence-corrected chi connectivity index (χ3v) is 3.27. The van der Waals surface area contributed by atoms with E-state index in [0.717, 1.165) is 10.7 Å². The van der Waals surface area contributed by atoms with E-state index in [2.05, 4.69) is 5.10 Å². The standard InChI is InChI=1S/C14H16F3N3O/c1-9-10(5-4-8-18)13(21)20(19-9)12-7-3-2-6-11(12)14(15,16)17/h2-3,6-7,19H,4-5,8,18H2,1H3. The molecular weight excluding hydrogens is 283 g/mol. The van der Waals surface area contributed by atoms with Crippen LogP contribution >= 0.6 is 0 Å². The predicted molar refractivity (Wildman–Crippen MR) is 73.5 cm³/mol. The largest absolute Gasteiger partial charge is 0.418 e. The maximum atomic E-state index is 13.0. The predicted octanol–water partition coefficient (Wildman–Crippen LogP) is 2.38. The van der Waals surface area contributed by atoms with Crippen LogP contribution in [0.1, 0.15) is 23.2 Å². The topological polar surface area (TPSA) is 63.8 Å². The molecule has 0 bridgehead atoms. The third-order valence-electron chi connectivity index (χ3n) is 3.27. The van der Waals surface area contributed by atoms with Gasteiger partial charge < -0.3 is 5.73 Å². The van der Waals surface area contributed by atoms with Gasteiger partial charge in [0.2, 0.25) is 0 Å². The number of hydrogen-bond donors (Lipinski definition) is 2. The zero-order valence-corrected chi connectivity index (χ0v) is 11.5. The lowest BCUT2D eigenvalue weighted by molar-refractivity contribution is -0.137. The van der Waals surface area contributed by atoms with Gasteiger partial charge in [-0.3, -0.25) is 9.89 Å². The minimum absolute atomic E-state index is 0.197. The summed E-state index contributed by atoms with van der Waals surface area (Å²) in [5.74, 6) is 0. The van der Waals surface area contributed by atoms with Gasteiger partial charge in [-0.25, -0.2) is 4.68 Å². The smallest absolute Gasteiger partial charge is 0.330 e. The summed E-state index contributed by atoms with van der Waals surface area (Å²) >= 11 is 0. The van der Waals surface area contributed by atoms with Gasteiger partial charge in [0.1, 0.15) is 0 Å². The van der Waals surface area contributed by atoms with Crippen molar-refractivity contribution in [2.45, 2.75) is 25.9 Å². The maximum Gasteiger partial charge on any atom is 0.418 e. The van der Waals surface area contributed by atoms with Crippen LogP contribution in [0.25, 0.3) is 5.69 Å². The van der Waals surface area contributed by atoms with E-state index >= 15 is 0 Å². The summed E-state index contributed by atoms with van der Waals surface area (Å²) in [6.07, 6.45) is -3.47. The highest BCUT2D eigenvalue weighted by Gasteiger charge is 2.34. The number of hydrogen-bond acceptors (Lipinski definition) is 2. The molecule has 0 spiro atoms. The Morgan fingerprint density at radius 2 is 1.95 bits per heavy atom. The number of H-pyrrole nitrogens is 1. The molecule has 0 radical (unpaired) electrons. The lowest BCUT2D eigenvalue weighted by Gasteiger charge is -2.12. The molecule has 0 fully saturated rings. The second-order valence-electron chi connectivity index (χ2n) is 4.76. The number of aromatic amines is 1. The lowest BCUT2D eigenvalue weighted by Crippen LogP contribution is -2.21. The fourth-order valence-electron chi connectivity index (χ4n) is 2.23. The van der Waals surface area contributed by atoms with Gasteiger partial charge in [-0.05, 0) is 38.4 Å². The van der Waals surface area contributed by atoms with E-state index in [4.69, 9.17) is 5.73 Å². The number of nitrogens with one attached hydrogen (secondary N) is 1. The van der Waals surface area contributed by atoms with E-state index in [1.807, 2.05) is 0 Å². The summed E-state index contributed by atoms with van der Waals surface area (Å²) < 4.78 is 40.0. The monoisotopic (exact) mass is 299 g/mol. The number of rotatable bonds is 4. The Labute approximate surface area is 119 Å². The molecule has 0 aliphatic carbocycles. The van der Waals surface area contributed by atoms with Crippen molar-refractivity contribution in [3.05, 3.63) is 51.4 Å². The minimum atomic E-state index is -4.52. The van der Waals surface area contributed by atoms with Crippen LogP contribution in [0.4, 0.5) is 13.2 Å². The minimum Gasteiger partial charge on any atom is -0.330 e. The summed E-state index contributed by atoms with van der Waals surface area (Å²) in [5, 5.41) is 2.71. The molecule has 0 unspecified atom stereocenters. The lowest BCUT2D eigenvalue weighted by atomic mass is 10.1. The van der Waals surface area contributed by atoms with Crippen molar-refractivity contribution in [2.24, 2.45) is 5.73 Å². The first kappa shape index (κ1) is 15.4. The molecular formula is C14H16F3N3O. The normalized spacial score (nSPS) is 11.9. The highest BCUT2D eigenvalue weighted by atomic mass is 19.4. The summed E-state index contributed by atoms with van der Waals surface area (Å²) in [7, 11) is 0. The summed E-state index contributed by atoms with van der Waals surface area (Å²) in [6, 6.07) is 4.99. The van der Waals surface area contributed by atoms with Gasteiger partial charge in [0.05, 0.1) is 11.3 Å². The Morgan fingerprint density at radius 1 is 1.29 bits per heavy atom. The van der Waals surface area contributed by atoms with Crippen LogP contribution in [0.15, 0.2) is 29.1 Å². The fraction of sp³-hybridized carbons (Fsp3) is 0.357. The van der Waals surface area contributed by atoms with Crippen molar-refractivity contribution in [1.82, 2.24) is 9.78 Å². The molecule has 2 aromatic rings. The van der Waals surface area contributed by atoms with Crippen LogP contribution in [0.3, 0.4) is 0 Å². The molecule has 1 aromatic heterocycles. The van der Waals surface area contributed by atoms with E-state index in [1.165, 1.54) is 18.2 Å². The van der Waals surface area contributed by atoms with Gasteiger partial charge in [0.25, 0.3) is 5.56 Å². The highest BCUT2D eigenvalue weighted by molar-refractivity contribution is 5.43. The number of aromatic nitrogens is 2. The number of para-hydroxylation sites is 1. The molecule has 0 aliphatic heterocycles. The Kier molecular flexibility index (Phi) is 4.22. The van der Waals surface area contributed by atoms with Gasteiger partial charge in [0.15, 0.2) is 0 Å². The molecule has 1 heterocycles. The molecule has 0 aliphatic rings. The van der Waals surface area contributed by atoms with Crippen molar-refractivity contribution in [2.75, 3.05) is 6.54 Å². The zero-order chi connectivity index (χ0) is 15.6. The summed E-state index contributed by atoms with van der Waals surface area (Å²) in [5.41, 5.74) is 4.93. The number of aryl methyl sites for hydroxylation is 1. The van der Waals surface area contributed by atoms with Gasteiger partial charge in [-0.2, -0.15) is 13.2 Å².